The summed E-state index contributed by atoms with van der Waals surface area (Å²) >= 11 is 0. The van der Waals surface area contributed by atoms with E-state index in [0.29, 0.717) is 0 Å². The van der Waals surface area contributed by atoms with Crippen molar-refractivity contribution in [2.75, 3.05) is 6.54 Å². The van der Waals surface area contributed by atoms with Gasteiger partial charge in [-0.2, -0.15) is 4.31 Å². The third kappa shape index (κ3) is 2.32. The number of hydrogen-bond donors (Lipinski definition) is 1. The highest BCUT2D eigenvalue weighted by atomic mass is 32.2. The molecule has 0 bridgehead atoms. The van der Waals surface area contributed by atoms with Crippen molar-refractivity contribution in [2.24, 2.45) is 0 Å². The van der Waals surface area contributed by atoms with E-state index in [1.165, 1.54) is 28.8 Å². The maximum atomic E-state index is 12.3. The van der Waals surface area contributed by atoms with Gasteiger partial charge in [0.1, 0.15) is 4.90 Å². The van der Waals surface area contributed by atoms with Crippen LogP contribution in [0.4, 0.5) is 0 Å². The molecule has 1 aromatic heterocycles. The fourth-order valence-electron chi connectivity index (χ4n) is 1.66. The minimum absolute atomic E-state index is 0.0117. The average molecular weight is 254 g/mol. The van der Waals surface area contributed by atoms with Gasteiger partial charge in [-0.3, -0.25) is 4.79 Å². The molecule has 0 radical (unpaired) electrons. The van der Waals surface area contributed by atoms with Crippen molar-refractivity contribution in [1.82, 2.24) is 9.29 Å². The van der Waals surface area contributed by atoms with Crippen molar-refractivity contribution >= 4 is 10.0 Å². The second-order valence-corrected chi connectivity index (χ2v) is 5.83. The minimum Gasteiger partial charge on any atom is -0.366 e. The van der Waals surface area contributed by atoms with Crippen molar-refractivity contribution in [1.29, 1.82) is 0 Å². The first kappa shape index (κ1) is 12.1. The molecule has 0 amide bonds. The molecular formula is C11H14N2O3S. The molecule has 0 unspecified atom stereocenters. The third-order valence-electron chi connectivity index (χ3n) is 2.64. The highest BCUT2D eigenvalue weighted by Crippen LogP contribution is 2.30. The van der Waals surface area contributed by atoms with E-state index in [-0.39, 0.29) is 17.5 Å². The van der Waals surface area contributed by atoms with Crippen molar-refractivity contribution in [2.45, 2.75) is 23.8 Å². The smallest absolute Gasteiger partial charge is 0.248 e. The van der Waals surface area contributed by atoms with Gasteiger partial charge >= 0.3 is 0 Å². The number of sulfonamides is 1. The number of aromatic amines is 1. The lowest BCUT2D eigenvalue weighted by atomic mass is 10.5. The molecule has 1 aliphatic carbocycles. The van der Waals surface area contributed by atoms with E-state index in [2.05, 4.69) is 11.6 Å². The summed E-state index contributed by atoms with van der Waals surface area (Å²) in [7, 11) is -3.71. The lowest BCUT2D eigenvalue weighted by Crippen LogP contribution is -2.35. The Hall–Kier alpha value is -1.40. The van der Waals surface area contributed by atoms with Crippen LogP contribution in [0.15, 0.2) is 40.8 Å². The number of rotatable bonds is 5. The van der Waals surface area contributed by atoms with Gasteiger partial charge in [-0.25, -0.2) is 8.42 Å². The summed E-state index contributed by atoms with van der Waals surface area (Å²) in [4.78, 5) is 14.0. The maximum Gasteiger partial charge on any atom is 0.248 e. The van der Waals surface area contributed by atoms with Crippen molar-refractivity contribution < 1.29 is 8.42 Å². The predicted octanol–water partition coefficient (Wildman–Crippen LogP) is 0.714. The van der Waals surface area contributed by atoms with Gasteiger partial charge in [-0.15, -0.1) is 6.58 Å². The summed E-state index contributed by atoms with van der Waals surface area (Å²) in [5.41, 5.74) is -0.488. The Kier molecular flexibility index (Phi) is 3.17. The topological polar surface area (TPSA) is 70.2 Å². The highest BCUT2D eigenvalue weighted by molar-refractivity contribution is 7.89. The van der Waals surface area contributed by atoms with Crippen LogP contribution in [0.1, 0.15) is 12.8 Å². The monoisotopic (exact) mass is 254 g/mol. The fourth-order valence-corrected chi connectivity index (χ4v) is 3.36. The molecule has 0 spiro atoms. The summed E-state index contributed by atoms with van der Waals surface area (Å²) in [6, 6.07) is 1.23. The molecule has 1 N–H and O–H groups in total. The molecule has 2 rings (SSSR count). The van der Waals surface area contributed by atoms with Crippen LogP contribution >= 0.6 is 0 Å². The normalized spacial score (nSPS) is 16.1. The lowest BCUT2D eigenvalue weighted by molar-refractivity contribution is 0.435. The number of pyridine rings is 1. The van der Waals surface area contributed by atoms with Crippen LogP contribution in [0.5, 0.6) is 0 Å². The first-order valence-electron chi connectivity index (χ1n) is 5.37. The maximum absolute atomic E-state index is 12.3. The van der Waals surface area contributed by atoms with Crippen LogP contribution in [0.2, 0.25) is 0 Å². The number of nitrogens with one attached hydrogen (secondary N) is 1. The molecular weight excluding hydrogens is 240 g/mol. The Morgan fingerprint density at radius 3 is 2.76 bits per heavy atom. The van der Waals surface area contributed by atoms with Crippen LogP contribution in [0.25, 0.3) is 0 Å². The first-order valence-corrected chi connectivity index (χ1v) is 6.81. The van der Waals surface area contributed by atoms with E-state index >= 15 is 0 Å². The molecule has 0 aromatic carbocycles. The second-order valence-electron chi connectivity index (χ2n) is 3.97. The molecule has 1 aliphatic rings. The van der Waals surface area contributed by atoms with Gasteiger partial charge in [0.2, 0.25) is 15.5 Å². The van der Waals surface area contributed by atoms with E-state index in [1.807, 2.05) is 0 Å². The molecule has 1 heterocycles. The summed E-state index contributed by atoms with van der Waals surface area (Å²) in [5.74, 6) is 0. The zero-order valence-electron chi connectivity index (χ0n) is 9.30. The molecule has 0 atom stereocenters. The van der Waals surface area contributed by atoms with Crippen LogP contribution in [-0.2, 0) is 10.0 Å². The van der Waals surface area contributed by atoms with E-state index < -0.39 is 15.5 Å². The number of hydrogen-bond acceptors (Lipinski definition) is 3. The standard InChI is InChI=1S/C11H14N2O3S/c1-2-7-13(9-3-4-9)17(15,16)11-8-12-6-5-10(11)14/h2,5-6,8-9H,1,3-4,7H2,(H,12,14). The summed E-state index contributed by atoms with van der Waals surface area (Å²) in [6.45, 7) is 3.79. The first-order chi connectivity index (χ1) is 8.07. The fraction of sp³-hybridized carbons (Fsp3) is 0.364. The number of aromatic nitrogens is 1. The Labute approximate surface area is 99.8 Å². The molecule has 1 saturated carbocycles. The Bertz CT molecular complexity index is 572. The average Bonchev–Trinajstić information content (AvgIpc) is 3.10. The Balaban J connectivity index is 2.44. The molecule has 5 nitrogen and oxygen atoms in total. The van der Waals surface area contributed by atoms with Gasteiger partial charge in [0, 0.05) is 31.0 Å². The zero-order chi connectivity index (χ0) is 12.5. The molecule has 1 fully saturated rings. The SMILES string of the molecule is C=CCN(C1CC1)S(=O)(=O)c1c[nH]ccc1=O. The Morgan fingerprint density at radius 1 is 1.53 bits per heavy atom. The minimum atomic E-state index is -3.71. The third-order valence-corrected chi connectivity index (χ3v) is 4.58. The van der Waals surface area contributed by atoms with Gasteiger partial charge in [-0.1, -0.05) is 6.08 Å². The molecule has 6 heteroatoms. The summed E-state index contributed by atoms with van der Waals surface area (Å²) in [5, 5.41) is 0. The van der Waals surface area contributed by atoms with Gasteiger partial charge < -0.3 is 4.98 Å². The van der Waals surface area contributed by atoms with Crippen LogP contribution in [0, 0.1) is 0 Å². The molecule has 92 valence electrons. The van der Waals surface area contributed by atoms with E-state index in [0.717, 1.165) is 12.8 Å². The van der Waals surface area contributed by atoms with Gasteiger partial charge in [0.05, 0.1) is 0 Å². The largest absolute Gasteiger partial charge is 0.366 e. The van der Waals surface area contributed by atoms with Crippen LogP contribution in [-0.4, -0.2) is 30.3 Å². The molecule has 0 aliphatic heterocycles. The molecule has 0 saturated heterocycles. The Morgan fingerprint density at radius 2 is 2.24 bits per heavy atom. The van der Waals surface area contributed by atoms with Crippen LogP contribution in [0.3, 0.4) is 0 Å². The lowest BCUT2D eigenvalue weighted by Gasteiger charge is -2.19. The quantitative estimate of drug-likeness (QED) is 0.787. The van der Waals surface area contributed by atoms with Crippen LogP contribution < -0.4 is 5.43 Å². The van der Waals surface area contributed by atoms with Gasteiger partial charge in [0.15, 0.2) is 0 Å². The molecule has 17 heavy (non-hydrogen) atoms. The second kappa shape index (κ2) is 4.46. The number of nitrogens with zero attached hydrogens (tertiary/aromatic N) is 1. The van der Waals surface area contributed by atoms with Crippen molar-refractivity contribution in [3.05, 3.63) is 41.3 Å². The molecule has 1 aromatic rings. The van der Waals surface area contributed by atoms with Gasteiger partial charge in [-0.05, 0) is 12.8 Å². The summed E-state index contributed by atoms with van der Waals surface area (Å²) < 4.78 is 25.9. The van der Waals surface area contributed by atoms with Gasteiger partial charge in [0.25, 0.3) is 0 Å². The highest BCUT2D eigenvalue weighted by Gasteiger charge is 2.38. The number of H-pyrrole nitrogens is 1. The van der Waals surface area contributed by atoms with Crippen molar-refractivity contribution in [3.8, 4) is 0 Å². The van der Waals surface area contributed by atoms with E-state index in [4.69, 9.17) is 0 Å². The van der Waals surface area contributed by atoms with E-state index in [1.54, 1.807) is 0 Å². The predicted molar refractivity (Wildman–Crippen MR) is 64.2 cm³/mol. The van der Waals surface area contributed by atoms with E-state index in [9.17, 15) is 13.2 Å². The van der Waals surface area contributed by atoms with Crippen molar-refractivity contribution in [3.63, 3.8) is 0 Å². The summed E-state index contributed by atoms with van der Waals surface area (Å²) in [6.07, 6.45) is 5.87. The zero-order valence-corrected chi connectivity index (χ0v) is 10.1.